The van der Waals surface area contributed by atoms with Crippen LogP contribution in [0.3, 0.4) is 0 Å². The molecule has 2 saturated heterocycles. The van der Waals surface area contributed by atoms with Crippen molar-refractivity contribution in [3.63, 3.8) is 0 Å². The van der Waals surface area contributed by atoms with Gasteiger partial charge in [0.2, 0.25) is 17.7 Å². The van der Waals surface area contributed by atoms with Crippen LogP contribution >= 0.6 is 0 Å². The van der Waals surface area contributed by atoms with Gasteiger partial charge in [0, 0.05) is 33.4 Å². The molecule has 3 aliphatic rings. The molecule has 0 bridgehead atoms. The Hall–Kier alpha value is -3.72. The number of carbonyl (C=O) groups excluding carboxylic acids is 4. The van der Waals surface area contributed by atoms with E-state index in [0.29, 0.717) is 31.0 Å². The number of carbonyl (C=O) groups is 4. The molecule has 1 N–H and O–H groups in total. The van der Waals surface area contributed by atoms with Crippen molar-refractivity contribution in [1.29, 1.82) is 0 Å². The zero-order chi connectivity index (χ0) is 26.4. The van der Waals surface area contributed by atoms with E-state index >= 15 is 0 Å². The van der Waals surface area contributed by atoms with E-state index in [-0.39, 0.29) is 31.2 Å². The molecule has 2 aromatic rings. The van der Waals surface area contributed by atoms with Gasteiger partial charge in [0.05, 0.1) is 14.5 Å². The Bertz CT molecular complexity index is 1280. The Balaban J connectivity index is 1.29. The summed E-state index contributed by atoms with van der Waals surface area (Å²) in [6.07, 6.45) is -3.28. The standard InChI is InChI=1S/C25H25N3O6/c29-22-9-8-20(24(31)26-22)28-13-19-18(25(28)32)2-1-3-21(19)34-14-17-6-4-16(5-7-17)12-27-10-11-33-15-23(27)30/h1-7,20H,8-15H2,(H,26,29,31)/i8D2,20D. The number of rotatable bonds is 6. The van der Waals surface area contributed by atoms with Crippen molar-refractivity contribution in [2.45, 2.75) is 38.5 Å². The second-order valence-electron chi connectivity index (χ2n) is 8.23. The number of benzene rings is 2. The molecule has 3 heterocycles. The first-order chi connectivity index (χ1) is 17.6. The van der Waals surface area contributed by atoms with Crippen LogP contribution in [0.5, 0.6) is 5.75 Å². The fraction of sp³-hybridized carbons (Fsp3) is 0.360. The van der Waals surface area contributed by atoms with Crippen LogP contribution in [0.25, 0.3) is 0 Å². The van der Waals surface area contributed by atoms with Crippen molar-refractivity contribution in [1.82, 2.24) is 15.1 Å². The average Bonchev–Trinajstić information content (AvgIpc) is 3.20. The molecule has 9 nitrogen and oxygen atoms in total. The predicted octanol–water partition coefficient (Wildman–Crippen LogP) is 1.39. The number of hydrogen-bond donors (Lipinski definition) is 1. The topological polar surface area (TPSA) is 105 Å². The molecule has 34 heavy (non-hydrogen) atoms. The molecule has 0 spiro atoms. The molecule has 0 radical (unpaired) electrons. The summed E-state index contributed by atoms with van der Waals surface area (Å²) in [6, 6.07) is 9.82. The van der Waals surface area contributed by atoms with Crippen molar-refractivity contribution < 1.29 is 32.8 Å². The van der Waals surface area contributed by atoms with Gasteiger partial charge in [-0.1, -0.05) is 30.3 Å². The lowest BCUT2D eigenvalue weighted by Gasteiger charge is -2.29. The molecular weight excluding hydrogens is 438 g/mol. The van der Waals surface area contributed by atoms with Gasteiger partial charge in [-0.25, -0.2) is 0 Å². The first-order valence-electron chi connectivity index (χ1n) is 12.4. The Morgan fingerprint density at radius 1 is 1.12 bits per heavy atom. The van der Waals surface area contributed by atoms with Crippen LogP contribution in [0.1, 0.15) is 44.0 Å². The summed E-state index contributed by atoms with van der Waals surface area (Å²) >= 11 is 0. The van der Waals surface area contributed by atoms with E-state index in [9.17, 15) is 19.2 Å². The second kappa shape index (κ2) is 9.26. The maximum absolute atomic E-state index is 13.1. The summed E-state index contributed by atoms with van der Waals surface area (Å²) in [4.78, 5) is 52.0. The van der Waals surface area contributed by atoms with E-state index in [1.165, 1.54) is 6.07 Å². The maximum atomic E-state index is 13.1. The predicted molar refractivity (Wildman–Crippen MR) is 119 cm³/mol. The summed E-state index contributed by atoms with van der Waals surface area (Å²) in [5.74, 6) is -2.33. The summed E-state index contributed by atoms with van der Waals surface area (Å²) in [5.41, 5.74) is 2.49. The maximum Gasteiger partial charge on any atom is 0.255 e. The van der Waals surface area contributed by atoms with Gasteiger partial charge in [-0.2, -0.15) is 0 Å². The minimum absolute atomic E-state index is 0.0416. The van der Waals surface area contributed by atoms with Crippen LogP contribution in [0.4, 0.5) is 0 Å². The highest BCUT2D eigenvalue weighted by atomic mass is 16.5. The third-order valence-corrected chi connectivity index (χ3v) is 5.95. The second-order valence-corrected chi connectivity index (χ2v) is 8.23. The Kier molecular flexibility index (Phi) is 5.09. The Labute approximate surface area is 200 Å². The highest BCUT2D eigenvalue weighted by Crippen LogP contribution is 2.34. The molecule has 0 aromatic heterocycles. The van der Waals surface area contributed by atoms with Crippen molar-refractivity contribution >= 4 is 23.6 Å². The first-order valence-corrected chi connectivity index (χ1v) is 10.9. The first kappa shape index (κ1) is 18.7. The smallest absolute Gasteiger partial charge is 0.255 e. The van der Waals surface area contributed by atoms with Crippen LogP contribution in [-0.4, -0.2) is 59.2 Å². The summed E-state index contributed by atoms with van der Waals surface area (Å²) in [5, 5.41) is 1.99. The van der Waals surface area contributed by atoms with Gasteiger partial charge in [0.25, 0.3) is 5.91 Å². The van der Waals surface area contributed by atoms with Crippen LogP contribution in [0.15, 0.2) is 42.5 Å². The molecule has 1 atom stereocenters. The van der Waals surface area contributed by atoms with Gasteiger partial charge >= 0.3 is 0 Å². The van der Waals surface area contributed by atoms with E-state index in [0.717, 1.165) is 16.0 Å². The average molecular weight is 467 g/mol. The molecule has 5 rings (SSSR count). The number of hydrogen-bond acceptors (Lipinski definition) is 6. The molecule has 3 aliphatic heterocycles. The summed E-state index contributed by atoms with van der Waals surface area (Å²) in [7, 11) is 0. The van der Waals surface area contributed by atoms with Crippen molar-refractivity contribution in [3.8, 4) is 5.75 Å². The summed E-state index contributed by atoms with van der Waals surface area (Å²) < 4.78 is 36.2. The number of morpholine rings is 1. The Morgan fingerprint density at radius 2 is 1.91 bits per heavy atom. The molecular formula is C25H25N3O6. The van der Waals surface area contributed by atoms with Crippen molar-refractivity contribution in [2.24, 2.45) is 0 Å². The molecule has 2 fully saturated rings. The molecule has 4 amide bonds. The molecule has 0 saturated carbocycles. The van der Waals surface area contributed by atoms with Crippen LogP contribution in [0.2, 0.25) is 0 Å². The zero-order valence-corrected chi connectivity index (χ0v) is 18.3. The summed E-state index contributed by atoms with van der Waals surface area (Å²) in [6.45, 7) is 1.65. The lowest BCUT2D eigenvalue weighted by Crippen LogP contribution is -2.52. The minimum atomic E-state index is -2.61. The van der Waals surface area contributed by atoms with Crippen molar-refractivity contribution in [2.75, 3.05) is 19.8 Å². The number of nitrogens with one attached hydrogen (secondary N) is 1. The zero-order valence-electron chi connectivity index (χ0n) is 21.3. The quantitative estimate of drug-likeness (QED) is 0.645. The number of imide groups is 1. The van der Waals surface area contributed by atoms with E-state index < -0.39 is 36.5 Å². The fourth-order valence-electron chi connectivity index (χ4n) is 4.15. The van der Waals surface area contributed by atoms with E-state index in [1.807, 2.05) is 29.6 Å². The minimum Gasteiger partial charge on any atom is -0.489 e. The lowest BCUT2D eigenvalue weighted by atomic mass is 10.0. The normalized spacial score (nSPS) is 25.4. The van der Waals surface area contributed by atoms with E-state index in [2.05, 4.69) is 0 Å². The third kappa shape index (κ3) is 4.38. The van der Waals surface area contributed by atoms with Gasteiger partial charge in [-0.3, -0.25) is 24.5 Å². The molecule has 1 unspecified atom stereocenters. The van der Waals surface area contributed by atoms with Crippen molar-refractivity contribution in [3.05, 3.63) is 64.7 Å². The van der Waals surface area contributed by atoms with Crippen LogP contribution in [-0.2, 0) is 38.8 Å². The van der Waals surface area contributed by atoms with Crippen LogP contribution < -0.4 is 10.1 Å². The highest BCUT2D eigenvalue weighted by molar-refractivity contribution is 6.05. The van der Waals surface area contributed by atoms with Gasteiger partial charge in [0.15, 0.2) is 0 Å². The number of nitrogens with zero attached hydrogens (tertiary/aromatic N) is 2. The number of amides is 4. The van der Waals surface area contributed by atoms with Gasteiger partial charge in [-0.15, -0.1) is 0 Å². The van der Waals surface area contributed by atoms with Crippen LogP contribution in [0, 0.1) is 0 Å². The SMILES string of the molecule is [2H]C1([2H])CC(=O)NC(=O)C1([2H])N1Cc2c(OCc3ccc(CN4CCOCC4=O)cc3)cccc2C1=O. The lowest BCUT2D eigenvalue weighted by molar-refractivity contribution is -0.143. The number of ether oxygens (including phenoxy) is 2. The van der Waals surface area contributed by atoms with Gasteiger partial charge in [-0.05, 0) is 29.6 Å². The number of fused-ring (bicyclic) bond motifs is 1. The van der Waals surface area contributed by atoms with E-state index in [1.54, 1.807) is 17.0 Å². The molecule has 176 valence electrons. The fourth-order valence-corrected chi connectivity index (χ4v) is 4.15. The molecule has 9 heteroatoms. The molecule has 0 aliphatic carbocycles. The van der Waals surface area contributed by atoms with Gasteiger partial charge in [0.1, 0.15) is 25.0 Å². The van der Waals surface area contributed by atoms with E-state index in [4.69, 9.17) is 13.6 Å². The number of piperidine rings is 1. The molecule has 2 aromatic carbocycles. The largest absolute Gasteiger partial charge is 0.489 e. The Morgan fingerprint density at radius 3 is 2.68 bits per heavy atom. The monoisotopic (exact) mass is 466 g/mol. The highest BCUT2D eigenvalue weighted by Gasteiger charge is 2.40. The third-order valence-electron chi connectivity index (χ3n) is 5.95. The van der Waals surface area contributed by atoms with Gasteiger partial charge < -0.3 is 19.3 Å².